The van der Waals surface area contributed by atoms with Crippen molar-refractivity contribution in [3.8, 4) is 0 Å². The third-order valence-corrected chi connectivity index (χ3v) is 4.21. The molecule has 0 saturated carbocycles. The first-order valence-electron chi connectivity index (χ1n) is 8.75. The minimum Gasteiger partial charge on any atom is -0.481 e. The lowest BCUT2D eigenvalue weighted by atomic mass is 9.82. The predicted molar refractivity (Wildman–Crippen MR) is 96.9 cm³/mol. The van der Waals surface area contributed by atoms with Gasteiger partial charge in [0.15, 0.2) is 5.78 Å². The molecule has 0 aromatic rings. The first-order valence-corrected chi connectivity index (χ1v) is 8.75. The zero-order chi connectivity index (χ0) is 22.4. The summed E-state index contributed by atoms with van der Waals surface area (Å²) in [5.41, 5.74) is 8.49. The highest BCUT2D eigenvalue weighted by atomic mass is 16.4. The Bertz CT molecular complexity index is 632. The number of ketones is 1. The number of aliphatic carboxylic acids is 2. The monoisotopic (exact) mass is 403 g/mol. The van der Waals surface area contributed by atoms with Crippen LogP contribution in [0.5, 0.6) is 0 Å². The molecule has 0 bridgehead atoms. The highest BCUT2D eigenvalue weighted by Crippen LogP contribution is 2.29. The molecule has 160 valence electrons. The van der Waals surface area contributed by atoms with Gasteiger partial charge >= 0.3 is 11.9 Å². The van der Waals surface area contributed by atoms with Crippen LogP contribution in [0.2, 0.25) is 0 Å². The lowest BCUT2D eigenvalue weighted by Gasteiger charge is -2.40. The minimum absolute atomic E-state index is 0.179. The first-order chi connectivity index (χ1) is 12.7. The number of carbonyl (C=O) groups excluding carboxylic acids is 3. The molecule has 0 aromatic heterocycles. The van der Waals surface area contributed by atoms with E-state index in [1.807, 2.05) is 0 Å². The Morgan fingerprint density at radius 1 is 0.964 bits per heavy atom. The molecule has 0 aromatic carbocycles. The molecule has 0 rings (SSSR count). The molecule has 0 saturated heterocycles. The zero-order valence-corrected chi connectivity index (χ0v) is 16.4. The van der Waals surface area contributed by atoms with Gasteiger partial charge in [0, 0.05) is 12.8 Å². The lowest BCUT2D eigenvalue weighted by Crippen LogP contribution is -2.69. The van der Waals surface area contributed by atoms with Crippen molar-refractivity contribution >= 4 is 29.5 Å². The molecule has 4 atom stereocenters. The smallest absolute Gasteiger partial charge is 0.337 e. The number of hydrogen-bond donors (Lipinski definition) is 5. The van der Waals surface area contributed by atoms with Crippen molar-refractivity contribution in [2.75, 3.05) is 0 Å². The molecule has 0 fully saturated rings. The molecule has 11 nitrogen and oxygen atoms in total. The summed E-state index contributed by atoms with van der Waals surface area (Å²) in [7, 11) is 0. The molecule has 11 heteroatoms. The topological polar surface area (TPSA) is 201 Å². The number of carbonyl (C=O) groups is 5. The number of aliphatic hydroxyl groups excluding tert-OH is 1. The van der Waals surface area contributed by atoms with Crippen LogP contribution in [0.1, 0.15) is 47.0 Å². The number of nitrogens with zero attached hydrogens (tertiary/aromatic N) is 1. The van der Waals surface area contributed by atoms with Gasteiger partial charge in [-0.05, 0) is 26.2 Å². The maximum atomic E-state index is 12.9. The Balaban J connectivity index is 6.75. The van der Waals surface area contributed by atoms with Gasteiger partial charge in [-0.15, -0.1) is 0 Å². The quantitative estimate of drug-likeness (QED) is 0.258. The number of Topliss-reactive ketones (excluding diaryl/α,β-unsaturated/α-hetero) is 1. The van der Waals surface area contributed by atoms with Crippen molar-refractivity contribution in [1.82, 2.24) is 4.90 Å². The average molecular weight is 403 g/mol. The van der Waals surface area contributed by atoms with Gasteiger partial charge in [0.05, 0.1) is 18.2 Å². The van der Waals surface area contributed by atoms with E-state index in [4.69, 9.17) is 16.6 Å². The number of aliphatic hydroxyl groups is 1. The van der Waals surface area contributed by atoms with E-state index in [9.17, 15) is 34.2 Å². The number of imide groups is 1. The van der Waals surface area contributed by atoms with Gasteiger partial charge in [0.1, 0.15) is 0 Å². The molecule has 0 aliphatic heterocycles. The second-order valence-electron chi connectivity index (χ2n) is 7.11. The highest BCUT2D eigenvalue weighted by molar-refractivity contribution is 6.16. The average Bonchev–Trinajstić information content (AvgIpc) is 2.55. The highest BCUT2D eigenvalue weighted by Gasteiger charge is 2.56. The van der Waals surface area contributed by atoms with Crippen molar-refractivity contribution in [2.45, 2.75) is 70.7 Å². The van der Waals surface area contributed by atoms with Gasteiger partial charge in [-0.2, -0.15) is 0 Å². The molecule has 7 N–H and O–H groups in total. The molecule has 0 radical (unpaired) electrons. The number of amides is 2. The zero-order valence-electron chi connectivity index (χ0n) is 16.4. The molecule has 0 aliphatic rings. The van der Waals surface area contributed by atoms with Crippen molar-refractivity contribution in [2.24, 2.45) is 17.4 Å². The fourth-order valence-electron chi connectivity index (χ4n) is 2.55. The summed E-state index contributed by atoms with van der Waals surface area (Å²) in [6.07, 6.45) is -3.74. The van der Waals surface area contributed by atoms with Crippen LogP contribution in [-0.4, -0.2) is 73.5 Å². The molecule has 2 amide bonds. The van der Waals surface area contributed by atoms with Gasteiger partial charge in [-0.3, -0.25) is 24.1 Å². The Labute approximate surface area is 162 Å². The molecule has 4 unspecified atom stereocenters. The van der Waals surface area contributed by atoms with E-state index in [0.29, 0.717) is 0 Å². The Morgan fingerprint density at radius 2 is 1.46 bits per heavy atom. The fourth-order valence-corrected chi connectivity index (χ4v) is 2.55. The summed E-state index contributed by atoms with van der Waals surface area (Å²) in [6.45, 7) is 5.50. The number of hydrogen-bond acceptors (Lipinski definition) is 8. The van der Waals surface area contributed by atoms with Crippen LogP contribution in [0.4, 0.5) is 0 Å². The van der Waals surface area contributed by atoms with Crippen LogP contribution in [-0.2, 0) is 24.0 Å². The molecule has 28 heavy (non-hydrogen) atoms. The number of nitrogens with two attached hydrogens (primary N) is 2. The van der Waals surface area contributed by atoms with Crippen molar-refractivity contribution in [1.29, 1.82) is 0 Å². The van der Waals surface area contributed by atoms with E-state index in [1.165, 1.54) is 13.8 Å². The van der Waals surface area contributed by atoms with Crippen molar-refractivity contribution in [3.05, 3.63) is 0 Å². The van der Waals surface area contributed by atoms with Gasteiger partial charge in [0.25, 0.3) is 0 Å². The summed E-state index contributed by atoms with van der Waals surface area (Å²) in [5.74, 6) is -7.41. The normalized spacial score (nSPS) is 16.6. The van der Waals surface area contributed by atoms with Crippen molar-refractivity contribution < 1.29 is 39.3 Å². The molecular weight excluding hydrogens is 374 g/mol. The number of rotatable bonds is 11. The lowest BCUT2D eigenvalue weighted by molar-refractivity contribution is -0.173. The maximum absolute atomic E-state index is 12.9. The summed E-state index contributed by atoms with van der Waals surface area (Å²) in [4.78, 5) is 61.9. The van der Waals surface area contributed by atoms with Gasteiger partial charge in [-0.25, -0.2) is 4.79 Å². The van der Waals surface area contributed by atoms with E-state index in [-0.39, 0.29) is 4.90 Å². The van der Waals surface area contributed by atoms with Gasteiger partial charge < -0.3 is 26.8 Å². The largest absolute Gasteiger partial charge is 0.481 e. The molecule has 0 heterocycles. The van der Waals surface area contributed by atoms with Crippen LogP contribution in [0.25, 0.3) is 0 Å². The second-order valence-corrected chi connectivity index (χ2v) is 7.11. The SMILES string of the molecule is CC(O)CC(=O)C(CCC(=O)O)(C(=O)O)N(C(=O)C(C)N)C(=O)C(N)C(C)C. The maximum Gasteiger partial charge on any atom is 0.337 e. The van der Waals surface area contributed by atoms with E-state index >= 15 is 0 Å². The second kappa shape index (κ2) is 10.2. The minimum atomic E-state index is -2.86. The number of carboxylic acid groups (broad SMARTS) is 2. The molecule has 0 spiro atoms. The van der Waals surface area contributed by atoms with Crippen molar-refractivity contribution in [3.63, 3.8) is 0 Å². The predicted octanol–water partition coefficient (Wildman–Crippen LogP) is -1.30. The standard InChI is InChI=1S/C17H29N3O8/c1-8(2)13(19)15(26)20(14(25)10(4)18)17(16(27)28,6-5-12(23)24)11(22)7-9(3)21/h8-10,13,21H,5-7,18-19H2,1-4H3,(H,23,24)(H,27,28). The van der Waals surface area contributed by atoms with Gasteiger partial charge in [0.2, 0.25) is 17.4 Å². The molecular formula is C17H29N3O8. The molecule has 0 aliphatic carbocycles. The summed E-state index contributed by atoms with van der Waals surface area (Å²) in [5, 5.41) is 28.4. The number of carboxylic acids is 2. The summed E-state index contributed by atoms with van der Waals surface area (Å²) < 4.78 is 0. The van der Waals surface area contributed by atoms with Crippen LogP contribution in [0.3, 0.4) is 0 Å². The van der Waals surface area contributed by atoms with Gasteiger partial charge in [-0.1, -0.05) is 13.8 Å². The third-order valence-electron chi connectivity index (χ3n) is 4.21. The third kappa shape index (κ3) is 5.81. The Kier molecular flexibility index (Phi) is 9.38. The summed E-state index contributed by atoms with van der Waals surface area (Å²) in [6, 6.07) is -2.71. The van der Waals surface area contributed by atoms with Crippen LogP contribution in [0, 0.1) is 5.92 Å². The van der Waals surface area contributed by atoms with Crippen LogP contribution in [0.15, 0.2) is 0 Å². The summed E-state index contributed by atoms with van der Waals surface area (Å²) >= 11 is 0. The van der Waals surface area contributed by atoms with E-state index in [0.717, 1.165) is 0 Å². The van der Waals surface area contributed by atoms with E-state index in [2.05, 4.69) is 0 Å². The fraction of sp³-hybridized carbons (Fsp3) is 0.706. The van der Waals surface area contributed by atoms with E-state index < -0.39 is 78.4 Å². The van der Waals surface area contributed by atoms with E-state index in [1.54, 1.807) is 13.8 Å². The van der Waals surface area contributed by atoms with Crippen LogP contribution >= 0.6 is 0 Å². The first kappa shape index (κ1) is 25.6. The Hall–Kier alpha value is -2.37. The Morgan fingerprint density at radius 3 is 1.79 bits per heavy atom. The van der Waals surface area contributed by atoms with Crippen LogP contribution < -0.4 is 11.5 Å².